The van der Waals surface area contributed by atoms with Crippen LogP contribution < -0.4 is 4.74 Å². The molecule has 96 valence electrons. The molecule has 0 bridgehead atoms. The van der Waals surface area contributed by atoms with E-state index in [1.807, 2.05) is 0 Å². The Morgan fingerprint density at radius 1 is 0.941 bits per heavy atom. The van der Waals surface area contributed by atoms with Crippen LogP contribution in [0.4, 0.5) is 26.3 Å². The molecular formula is C9H5ClF6O. The van der Waals surface area contributed by atoms with Gasteiger partial charge in [0.1, 0.15) is 11.3 Å². The summed E-state index contributed by atoms with van der Waals surface area (Å²) in [6, 6.07) is 1.44. The summed E-state index contributed by atoms with van der Waals surface area (Å²) in [5.74, 6) is -0.922. The minimum absolute atomic E-state index is 0.707. The summed E-state index contributed by atoms with van der Waals surface area (Å²) < 4.78 is 79.5. The smallest absolute Gasteiger partial charge is 0.420 e. The van der Waals surface area contributed by atoms with Crippen molar-refractivity contribution >= 4 is 11.6 Å². The SMILES string of the molecule is COc1ccc(Cl)c(C(F)(F)F)c1C(F)(F)F. The van der Waals surface area contributed by atoms with Crippen molar-refractivity contribution in [1.82, 2.24) is 0 Å². The number of halogens is 7. The fourth-order valence-corrected chi connectivity index (χ4v) is 1.55. The standard InChI is InChI=1S/C9H5ClF6O/c1-17-5-3-2-4(10)6(8(11,12)13)7(5)9(14,15)16/h2-3H,1H3. The van der Waals surface area contributed by atoms with Gasteiger partial charge in [-0.1, -0.05) is 11.6 Å². The van der Waals surface area contributed by atoms with E-state index in [9.17, 15) is 26.3 Å². The number of hydrogen-bond donors (Lipinski definition) is 0. The van der Waals surface area contributed by atoms with E-state index < -0.39 is 34.3 Å². The molecule has 1 aromatic carbocycles. The second kappa shape index (κ2) is 4.29. The first-order chi connectivity index (χ1) is 7.59. The van der Waals surface area contributed by atoms with Crippen LogP contribution in [-0.2, 0) is 12.4 Å². The molecule has 0 aromatic heterocycles. The van der Waals surface area contributed by atoms with Crippen LogP contribution >= 0.6 is 11.6 Å². The summed E-state index contributed by atoms with van der Waals surface area (Å²) >= 11 is 5.17. The molecule has 0 radical (unpaired) electrons. The quantitative estimate of drug-likeness (QED) is 0.693. The molecule has 0 unspecified atom stereocenters. The van der Waals surface area contributed by atoms with E-state index >= 15 is 0 Å². The predicted molar refractivity (Wildman–Crippen MR) is 48.0 cm³/mol. The summed E-state index contributed by atoms with van der Waals surface area (Å²) in [5, 5.41) is -1.02. The molecule has 0 spiro atoms. The monoisotopic (exact) mass is 278 g/mol. The van der Waals surface area contributed by atoms with Crippen LogP contribution in [-0.4, -0.2) is 7.11 Å². The number of hydrogen-bond acceptors (Lipinski definition) is 1. The Hall–Kier alpha value is -1.11. The van der Waals surface area contributed by atoms with Gasteiger partial charge in [0.05, 0.1) is 17.7 Å². The van der Waals surface area contributed by atoms with Gasteiger partial charge in [0.25, 0.3) is 0 Å². The lowest BCUT2D eigenvalue weighted by Crippen LogP contribution is -2.18. The van der Waals surface area contributed by atoms with E-state index in [1.54, 1.807) is 0 Å². The molecule has 1 rings (SSSR count). The van der Waals surface area contributed by atoms with Crippen molar-refractivity contribution in [3.05, 3.63) is 28.3 Å². The first-order valence-electron chi connectivity index (χ1n) is 4.10. The van der Waals surface area contributed by atoms with E-state index in [4.69, 9.17) is 11.6 Å². The van der Waals surface area contributed by atoms with Gasteiger partial charge >= 0.3 is 12.4 Å². The molecule has 0 N–H and O–H groups in total. The molecule has 8 heteroatoms. The highest BCUT2D eigenvalue weighted by Gasteiger charge is 2.47. The molecule has 0 aliphatic rings. The van der Waals surface area contributed by atoms with E-state index in [-0.39, 0.29) is 0 Å². The molecule has 0 heterocycles. The van der Waals surface area contributed by atoms with Crippen LogP contribution in [0.3, 0.4) is 0 Å². The summed E-state index contributed by atoms with van der Waals surface area (Å²) in [5.41, 5.74) is -3.86. The maximum atomic E-state index is 12.6. The average Bonchev–Trinajstić information content (AvgIpc) is 2.13. The minimum atomic E-state index is -5.21. The zero-order chi connectivity index (χ0) is 13.4. The van der Waals surface area contributed by atoms with Gasteiger partial charge in [0.2, 0.25) is 0 Å². The fraction of sp³-hybridized carbons (Fsp3) is 0.333. The van der Waals surface area contributed by atoms with Crippen LogP contribution in [0, 0.1) is 0 Å². The molecular weight excluding hydrogens is 274 g/mol. The molecule has 1 aromatic rings. The molecule has 0 aliphatic heterocycles. The summed E-state index contributed by atoms with van der Waals surface area (Å²) in [6.07, 6.45) is -10.4. The molecule has 0 saturated heterocycles. The first-order valence-corrected chi connectivity index (χ1v) is 4.47. The highest BCUT2D eigenvalue weighted by Crippen LogP contribution is 2.47. The first kappa shape index (κ1) is 14.0. The van der Waals surface area contributed by atoms with Gasteiger partial charge in [0, 0.05) is 0 Å². The van der Waals surface area contributed by atoms with Crippen molar-refractivity contribution in [2.45, 2.75) is 12.4 Å². The van der Waals surface area contributed by atoms with Crippen LogP contribution in [0.2, 0.25) is 5.02 Å². The summed E-state index contributed by atoms with van der Waals surface area (Å²) in [4.78, 5) is 0. The number of alkyl halides is 6. The predicted octanol–water partition coefficient (Wildman–Crippen LogP) is 4.39. The van der Waals surface area contributed by atoms with Gasteiger partial charge in [-0.15, -0.1) is 0 Å². The molecule has 0 aliphatic carbocycles. The Bertz CT molecular complexity index is 423. The molecule has 17 heavy (non-hydrogen) atoms. The Morgan fingerprint density at radius 2 is 1.41 bits per heavy atom. The molecule has 0 saturated carbocycles. The van der Waals surface area contributed by atoms with Gasteiger partial charge in [-0.3, -0.25) is 0 Å². The average molecular weight is 279 g/mol. The lowest BCUT2D eigenvalue weighted by atomic mass is 10.1. The normalized spacial score (nSPS) is 12.7. The Balaban J connectivity index is 3.67. The minimum Gasteiger partial charge on any atom is -0.496 e. The zero-order valence-electron chi connectivity index (χ0n) is 8.21. The van der Waals surface area contributed by atoms with Crippen LogP contribution in [0.1, 0.15) is 11.1 Å². The van der Waals surface area contributed by atoms with Crippen molar-refractivity contribution in [3.8, 4) is 5.75 Å². The third-order valence-corrected chi connectivity index (χ3v) is 2.22. The molecule has 0 atom stereocenters. The van der Waals surface area contributed by atoms with Gasteiger partial charge < -0.3 is 4.74 Å². The second-order valence-electron chi connectivity index (χ2n) is 3.00. The molecule has 0 amide bonds. The van der Waals surface area contributed by atoms with Gasteiger partial charge in [-0.25, -0.2) is 0 Å². The van der Waals surface area contributed by atoms with Crippen molar-refractivity contribution in [2.24, 2.45) is 0 Å². The summed E-state index contributed by atoms with van der Waals surface area (Å²) in [6.45, 7) is 0. The van der Waals surface area contributed by atoms with Crippen molar-refractivity contribution in [1.29, 1.82) is 0 Å². The van der Waals surface area contributed by atoms with E-state index in [1.165, 1.54) is 0 Å². The number of rotatable bonds is 1. The zero-order valence-corrected chi connectivity index (χ0v) is 8.96. The largest absolute Gasteiger partial charge is 0.496 e. The second-order valence-corrected chi connectivity index (χ2v) is 3.40. The fourth-order valence-electron chi connectivity index (χ4n) is 1.29. The third kappa shape index (κ3) is 2.77. The van der Waals surface area contributed by atoms with Gasteiger partial charge in [0.15, 0.2) is 0 Å². The maximum absolute atomic E-state index is 12.6. The third-order valence-electron chi connectivity index (χ3n) is 1.90. The number of benzene rings is 1. The molecule has 0 fully saturated rings. The van der Waals surface area contributed by atoms with Gasteiger partial charge in [-0.2, -0.15) is 26.3 Å². The number of methoxy groups -OCH3 is 1. The highest BCUT2D eigenvalue weighted by molar-refractivity contribution is 6.31. The highest BCUT2D eigenvalue weighted by atomic mass is 35.5. The van der Waals surface area contributed by atoms with E-state index in [2.05, 4.69) is 4.74 Å². The lowest BCUT2D eigenvalue weighted by Gasteiger charge is -2.19. The van der Waals surface area contributed by atoms with Crippen molar-refractivity contribution < 1.29 is 31.1 Å². The van der Waals surface area contributed by atoms with Crippen LogP contribution in [0.5, 0.6) is 5.75 Å². The van der Waals surface area contributed by atoms with E-state index in [0.717, 1.165) is 13.2 Å². The Morgan fingerprint density at radius 3 is 1.76 bits per heavy atom. The van der Waals surface area contributed by atoms with Crippen molar-refractivity contribution in [2.75, 3.05) is 7.11 Å². The Labute approximate surface area is 96.9 Å². The molecule has 1 nitrogen and oxygen atoms in total. The topological polar surface area (TPSA) is 9.23 Å². The lowest BCUT2D eigenvalue weighted by molar-refractivity contribution is -0.162. The van der Waals surface area contributed by atoms with Crippen molar-refractivity contribution in [3.63, 3.8) is 0 Å². The Kier molecular flexibility index (Phi) is 3.52. The summed E-state index contributed by atoms with van der Waals surface area (Å²) in [7, 11) is 0.846. The van der Waals surface area contributed by atoms with Crippen LogP contribution in [0.25, 0.3) is 0 Å². The van der Waals surface area contributed by atoms with Crippen LogP contribution in [0.15, 0.2) is 12.1 Å². The maximum Gasteiger partial charge on any atom is 0.420 e. The van der Waals surface area contributed by atoms with Gasteiger partial charge in [-0.05, 0) is 12.1 Å². The number of ether oxygens (including phenoxy) is 1. The van der Waals surface area contributed by atoms with E-state index in [0.29, 0.717) is 6.07 Å².